The van der Waals surface area contributed by atoms with Gasteiger partial charge in [-0.05, 0) is 32.7 Å². The zero-order chi connectivity index (χ0) is 14.2. The molecule has 0 radical (unpaired) electrons. The number of aryl methyl sites for hydroxylation is 1. The first kappa shape index (κ1) is 16.4. The van der Waals surface area contributed by atoms with Gasteiger partial charge < -0.3 is 10.6 Å². The van der Waals surface area contributed by atoms with Crippen molar-refractivity contribution in [1.82, 2.24) is 15.1 Å². The number of hydrogen-bond acceptors (Lipinski definition) is 5. The summed E-state index contributed by atoms with van der Waals surface area (Å²) in [6, 6.07) is 0.0256. The standard InChI is InChI=1S/C11H17N5O3.ClH/c1-6-3-8(4-12)5-15(6)11(17)9-10(16(18)19)7(2)13-14-9;/h6,8H,3-5,12H2,1-2H3,(H,13,14);1H. The van der Waals surface area contributed by atoms with E-state index in [-0.39, 0.29) is 41.4 Å². The number of H-pyrrole nitrogens is 1. The van der Waals surface area contributed by atoms with Gasteiger partial charge in [-0.15, -0.1) is 12.4 Å². The molecule has 1 aliphatic rings. The van der Waals surface area contributed by atoms with Gasteiger partial charge in [0, 0.05) is 12.6 Å². The Balaban J connectivity index is 0.00000200. The summed E-state index contributed by atoms with van der Waals surface area (Å²) in [7, 11) is 0. The number of nitrogens with one attached hydrogen (secondary N) is 1. The lowest BCUT2D eigenvalue weighted by Crippen LogP contribution is -2.35. The Labute approximate surface area is 122 Å². The Bertz CT molecular complexity index is 518. The van der Waals surface area contributed by atoms with Crippen LogP contribution in [0.4, 0.5) is 5.69 Å². The first-order chi connectivity index (χ1) is 8.95. The molecule has 0 aliphatic carbocycles. The van der Waals surface area contributed by atoms with E-state index in [0.29, 0.717) is 13.1 Å². The minimum absolute atomic E-state index is 0. The number of nitrogens with zero attached hydrogens (tertiary/aromatic N) is 3. The van der Waals surface area contributed by atoms with Gasteiger partial charge in [-0.3, -0.25) is 20.0 Å². The van der Waals surface area contributed by atoms with Crippen LogP contribution < -0.4 is 5.73 Å². The first-order valence-electron chi connectivity index (χ1n) is 6.16. The number of hydrogen-bond donors (Lipinski definition) is 2. The molecule has 20 heavy (non-hydrogen) atoms. The number of nitro groups is 1. The Morgan fingerprint density at radius 2 is 2.30 bits per heavy atom. The van der Waals surface area contributed by atoms with E-state index in [2.05, 4.69) is 10.2 Å². The molecule has 2 atom stereocenters. The summed E-state index contributed by atoms with van der Waals surface area (Å²) < 4.78 is 0. The van der Waals surface area contributed by atoms with E-state index in [1.54, 1.807) is 4.90 Å². The summed E-state index contributed by atoms with van der Waals surface area (Å²) in [6.45, 7) is 4.48. The molecule has 0 bridgehead atoms. The van der Waals surface area contributed by atoms with Crippen molar-refractivity contribution >= 4 is 24.0 Å². The topological polar surface area (TPSA) is 118 Å². The van der Waals surface area contributed by atoms with Crippen molar-refractivity contribution in [1.29, 1.82) is 0 Å². The lowest BCUT2D eigenvalue weighted by atomic mass is 10.1. The quantitative estimate of drug-likeness (QED) is 0.634. The molecule has 9 heteroatoms. The summed E-state index contributed by atoms with van der Waals surface area (Å²) in [5, 5.41) is 17.3. The molecule has 1 amide bonds. The van der Waals surface area contributed by atoms with Gasteiger partial charge in [0.25, 0.3) is 5.91 Å². The fraction of sp³-hybridized carbons (Fsp3) is 0.636. The Morgan fingerprint density at radius 3 is 2.80 bits per heavy atom. The van der Waals surface area contributed by atoms with Crippen LogP contribution in [0.3, 0.4) is 0 Å². The maximum atomic E-state index is 12.4. The Kier molecular flexibility index (Phi) is 5.07. The highest BCUT2D eigenvalue weighted by molar-refractivity contribution is 5.96. The second-order valence-electron chi connectivity index (χ2n) is 4.95. The van der Waals surface area contributed by atoms with Crippen LogP contribution in [0.2, 0.25) is 0 Å². The van der Waals surface area contributed by atoms with Crippen LogP contribution >= 0.6 is 12.4 Å². The van der Waals surface area contributed by atoms with E-state index < -0.39 is 10.8 Å². The molecular formula is C11H18ClN5O3. The number of halogens is 1. The van der Waals surface area contributed by atoms with Gasteiger partial charge in [0.2, 0.25) is 5.69 Å². The van der Waals surface area contributed by atoms with Crippen LogP contribution in [-0.4, -0.2) is 45.1 Å². The van der Waals surface area contributed by atoms with Gasteiger partial charge in [-0.2, -0.15) is 5.10 Å². The molecule has 1 aliphatic heterocycles. The highest BCUT2D eigenvalue weighted by Gasteiger charge is 2.37. The summed E-state index contributed by atoms with van der Waals surface area (Å²) >= 11 is 0. The van der Waals surface area contributed by atoms with Crippen molar-refractivity contribution < 1.29 is 9.72 Å². The molecule has 1 aromatic rings. The number of rotatable bonds is 3. The molecule has 8 nitrogen and oxygen atoms in total. The zero-order valence-corrected chi connectivity index (χ0v) is 12.1. The van der Waals surface area contributed by atoms with Crippen molar-refractivity contribution in [3.05, 3.63) is 21.5 Å². The molecule has 2 rings (SSSR count). The number of nitrogens with two attached hydrogens (primary N) is 1. The normalized spacial score (nSPS) is 21.6. The third-order valence-electron chi connectivity index (χ3n) is 3.56. The minimum atomic E-state index is -0.576. The van der Waals surface area contributed by atoms with Crippen LogP contribution in [0.15, 0.2) is 0 Å². The summed E-state index contributed by atoms with van der Waals surface area (Å²) in [6.07, 6.45) is 0.819. The van der Waals surface area contributed by atoms with Crippen LogP contribution in [0, 0.1) is 23.0 Å². The fourth-order valence-corrected chi connectivity index (χ4v) is 2.53. The SMILES string of the molecule is Cc1[nH]nc(C(=O)N2CC(CN)CC2C)c1[N+](=O)[O-].Cl. The van der Waals surface area contributed by atoms with E-state index in [9.17, 15) is 14.9 Å². The van der Waals surface area contributed by atoms with Gasteiger partial charge in [0.15, 0.2) is 0 Å². The van der Waals surface area contributed by atoms with E-state index in [4.69, 9.17) is 5.73 Å². The second kappa shape index (κ2) is 6.19. The second-order valence-corrected chi connectivity index (χ2v) is 4.95. The lowest BCUT2D eigenvalue weighted by molar-refractivity contribution is -0.385. The number of aromatic amines is 1. The van der Waals surface area contributed by atoms with Crippen molar-refractivity contribution in [2.75, 3.05) is 13.1 Å². The molecule has 2 unspecified atom stereocenters. The fourth-order valence-electron chi connectivity index (χ4n) is 2.53. The maximum absolute atomic E-state index is 12.4. The third-order valence-corrected chi connectivity index (χ3v) is 3.56. The molecule has 1 fully saturated rings. The van der Waals surface area contributed by atoms with Crippen molar-refractivity contribution in [2.45, 2.75) is 26.3 Å². The van der Waals surface area contributed by atoms with Gasteiger partial charge in [-0.25, -0.2) is 0 Å². The van der Waals surface area contributed by atoms with Gasteiger partial charge >= 0.3 is 5.69 Å². The molecular weight excluding hydrogens is 286 g/mol. The number of carbonyl (C=O) groups excluding carboxylic acids is 1. The number of aromatic nitrogens is 2. The van der Waals surface area contributed by atoms with Crippen LogP contribution in [0.5, 0.6) is 0 Å². The zero-order valence-electron chi connectivity index (χ0n) is 11.3. The van der Waals surface area contributed by atoms with Crippen LogP contribution in [0.25, 0.3) is 0 Å². The average Bonchev–Trinajstić information content (AvgIpc) is 2.91. The van der Waals surface area contributed by atoms with E-state index in [1.807, 2.05) is 6.92 Å². The van der Waals surface area contributed by atoms with Gasteiger partial charge in [-0.1, -0.05) is 0 Å². The monoisotopic (exact) mass is 303 g/mol. The molecule has 0 saturated carbocycles. The highest BCUT2D eigenvalue weighted by Crippen LogP contribution is 2.27. The highest BCUT2D eigenvalue weighted by atomic mass is 35.5. The Hall–Kier alpha value is -1.67. The number of amides is 1. The Morgan fingerprint density at radius 1 is 1.65 bits per heavy atom. The van der Waals surface area contributed by atoms with Gasteiger partial charge in [0.05, 0.1) is 4.92 Å². The average molecular weight is 304 g/mol. The maximum Gasteiger partial charge on any atom is 0.322 e. The van der Waals surface area contributed by atoms with Gasteiger partial charge in [0.1, 0.15) is 5.69 Å². The lowest BCUT2D eigenvalue weighted by Gasteiger charge is -2.19. The largest absolute Gasteiger partial charge is 0.334 e. The van der Waals surface area contributed by atoms with Crippen molar-refractivity contribution in [2.24, 2.45) is 11.7 Å². The first-order valence-corrected chi connectivity index (χ1v) is 6.16. The molecule has 3 N–H and O–H groups in total. The third kappa shape index (κ3) is 2.75. The molecule has 112 valence electrons. The molecule has 1 saturated heterocycles. The number of carbonyl (C=O) groups is 1. The summed E-state index contributed by atoms with van der Waals surface area (Å²) in [5.41, 5.74) is 5.54. The molecule has 1 aromatic heterocycles. The predicted octanol–water partition coefficient (Wildman–Crippen LogP) is 0.857. The van der Waals surface area contributed by atoms with Crippen molar-refractivity contribution in [3.63, 3.8) is 0 Å². The van der Waals surface area contributed by atoms with E-state index in [1.165, 1.54) is 6.92 Å². The summed E-state index contributed by atoms with van der Waals surface area (Å²) in [4.78, 5) is 24.4. The molecule has 2 heterocycles. The molecule has 0 spiro atoms. The minimum Gasteiger partial charge on any atom is -0.334 e. The predicted molar refractivity (Wildman–Crippen MR) is 74.9 cm³/mol. The van der Waals surface area contributed by atoms with E-state index in [0.717, 1.165) is 6.42 Å². The smallest absolute Gasteiger partial charge is 0.322 e. The van der Waals surface area contributed by atoms with Crippen LogP contribution in [0.1, 0.15) is 29.5 Å². The van der Waals surface area contributed by atoms with E-state index >= 15 is 0 Å². The summed E-state index contributed by atoms with van der Waals surface area (Å²) in [5.74, 6) is -0.155. The molecule has 0 aromatic carbocycles. The van der Waals surface area contributed by atoms with Crippen LogP contribution in [-0.2, 0) is 0 Å². The van der Waals surface area contributed by atoms with Crippen molar-refractivity contribution in [3.8, 4) is 0 Å². The number of likely N-dealkylation sites (tertiary alicyclic amines) is 1.